The molecule has 0 unspecified atom stereocenters. The Balaban J connectivity index is 1.75. The minimum absolute atomic E-state index is 0.0184. The summed E-state index contributed by atoms with van der Waals surface area (Å²) in [5.74, 6) is -6.11. The van der Waals surface area contributed by atoms with Crippen molar-refractivity contribution < 1.29 is 31.1 Å². The molecule has 30 heavy (non-hydrogen) atoms. The normalized spacial score (nSPS) is 15.8. The van der Waals surface area contributed by atoms with Gasteiger partial charge in [0.05, 0.1) is 23.5 Å². The molecule has 164 valence electrons. The van der Waals surface area contributed by atoms with E-state index < -0.39 is 36.4 Å². The third-order valence-corrected chi connectivity index (χ3v) is 5.06. The van der Waals surface area contributed by atoms with Crippen molar-refractivity contribution in [2.24, 2.45) is 0 Å². The summed E-state index contributed by atoms with van der Waals surface area (Å²) in [5, 5.41) is 4.18. The smallest absolute Gasteiger partial charge is 0.319 e. The highest BCUT2D eigenvalue weighted by Gasteiger charge is 2.43. The zero-order valence-electron chi connectivity index (χ0n) is 16.3. The monoisotopic (exact) mass is 434 g/mol. The first-order chi connectivity index (χ1) is 14.0. The van der Waals surface area contributed by atoms with E-state index in [1.54, 1.807) is 13.8 Å². The van der Waals surface area contributed by atoms with Gasteiger partial charge in [-0.15, -0.1) is 0 Å². The van der Waals surface area contributed by atoms with E-state index in [-0.39, 0.29) is 37.4 Å². The Morgan fingerprint density at radius 2 is 1.77 bits per heavy atom. The molecule has 0 saturated carbocycles. The summed E-state index contributed by atoms with van der Waals surface area (Å²) in [4.78, 5) is 15.6. The van der Waals surface area contributed by atoms with Crippen molar-refractivity contribution in [2.45, 2.75) is 26.2 Å². The molecule has 1 aromatic carbocycles. The molecule has 1 amide bonds. The Bertz CT molecular complexity index is 937. The van der Waals surface area contributed by atoms with Crippen molar-refractivity contribution in [1.29, 1.82) is 0 Å². The van der Waals surface area contributed by atoms with Crippen LogP contribution in [0.1, 0.15) is 21.7 Å². The number of benzene rings is 1. The molecule has 5 nitrogen and oxygen atoms in total. The van der Waals surface area contributed by atoms with Gasteiger partial charge in [0.1, 0.15) is 11.5 Å². The van der Waals surface area contributed by atoms with Gasteiger partial charge in [-0.3, -0.25) is 9.69 Å². The van der Waals surface area contributed by atoms with Crippen LogP contribution < -0.4 is 0 Å². The lowest BCUT2D eigenvalue weighted by Crippen LogP contribution is -2.52. The minimum Gasteiger partial charge on any atom is -0.336 e. The van der Waals surface area contributed by atoms with E-state index in [2.05, 4.69) is 5.10 Å². The largest absolute Gasteiger partial charge is 0.336 e. The Morgan fingerprint density at radius 3 is 2.33 bits per heavy atom. The second-order valence-corrected chi connectivity index (χ2v) is 7.18. The summed E-state index contributed by atoms with van der Waals surface area (Å²) in [5.41, 5.74) is 0.878. The molecule has 1 aromatic heterocycles. The highest BCUT2D eigenvalue weighted by atomic mass is 19.3. The number of hydrogen-bond donors (Lipinski definition) is 0. The summed E-state index contributed by atoms with van der Waals surface area (Å²) >= 11 is 0. The number of halogens is 6. The number of carbonyl (C=O) groups excluding carboxylic acids is 1. The molecule has 3 rings (SSSR count). The maximum Gasteiger partial charge on any atom is 0.319 e. The van der Waals surface area contributed by atoms with E-state index in [0.717, 1.165) is 6.07 Å². The second-order valence-electron chi connectivity index (χ2n) is 7.18. The van der Waals surface area contributed by atoms with E-state index >= 15 is 0 Å². The predicted molar refractivity (Wildman–Crippen MR) is 96.2 cm³/mol. The van der Waals surface area contributed by atoms with E-state index in [1.807, 2.05) is 0 Å². The molecular weight excluding hydrogens is 414 g/mol. The SMILES string of the molecule is Cc1nn(-c2ccc(F)cc2F)c(C)c1C(=O)N1CCN(CC(F)(F)C(F)F)CC1. The molecule has 0 atom stereocenters. The van der Waals surface area contributed by atoms with Gasteiger partial charge in [0, 0.05) is 32.2 Å². The highest BCUT2D eigenvalue weighted by Crippen LogP contribution is 2.26. The van der Waals surface area contributed by atoms with Crippen LogP contribution in [-0.4, -0.2) is 70.6 Å². The van der Waals surface area contributed by atoms with Gasteiger partial charge in [-0.25, -0.2) is 22.2 Å². The molecule has 2 heterocycles. The average molecular weight is 434 g/mol. The number of piperazine rings is 1. The Kier molecular flexibility index (Phi) is 6.11. The van der Waals surface area contributed by atoms with Crippen LogP contribution in [0.3, 0.4) is 0 Å². The fourth-order valence-corrected chi connectivity index (χ4v) is 3.47. The number of rotatable bonds is 5. The Labute approximate surface area is 168 Å². The molecule has 0 spiro atoms. The van der Waals surface area contributed by atoms with E-state index in [1.165, 1.54) is 20.5 Å². The molecule has 1 aliphatic heterocycles. The topological polar surface area (TPSA) is 41.4 Å². The molecular formula is C19H20F6N4O. The van der Waals surface area contributed by atoms with Crippen LogP contribution >= 0.6 is 0 Å². The quantitative estimate of drug-likeness (QED) is 0.678. The number of carbonyl (C=O) groups is 1. The van der Waals surface area contributed by atoms with Crippen LogP contribution in [0.15, 0.2) is 18.2 Å². The van der Waals surface area contributed by atoms with Gasteiger partial charge in [-0.05, 0) is 26.0 Å². The van der Waals surface area contributed by atoms with Gasteiger partial charge < -0.3 is 4.90 Å². The number of nitrogens with zero attached hydrogens (tertiary/aromatic N) is 4. The van der Waals surface area contributed by atoms with Crippen molar-refractivity contribution in [3.63, 3.8) is 0 Å². The molecule has 0 N–H and O–H groups in total. The molecule has 1 saturated heterocycles. The van der Waals surface area contributed by atoms with Crippen molar-refractivity contribution in [1.82, 2.24) is 19.6 Å². The van der Waals surface area contributed by atoms with Crippen molar-refractivity contribution in [2.75, 3.05) is 32.7 Å². The Hall–Kier alpha value is -2.56. The van der Waals surface area contributed by atoms with Gasteiger partial charge in [-0.2, -0.15) is 13.9 Å². The maximum atomic E-state index is 14.1. The fourth-order valence-electron chi connectivity index (χ4n) is 3.47. The lowest BCUT2D eigenvalue weighted by atomic mass is 10.1. The molecule has 1 aliphatic rings. The van der Waals surface area contributed by atoms with Crippen molar-refractivity contribution in [3.05, 3.63) is 46.8 Å². The van der Waals surface area contributed by atoms with Gasteiger partial charge in [0.2, 0.25) is 0 Å². The molecule has 11 heteroatoms. The summed E-state index contributed by atoms with van der Waals surface area (Å²) in [7, 11) is 0. The van der Waals surface area contributed by atoms with Crippen molar-refractivity contribution in [3.8, 4) is 5.69 Å². The average Bonchev–Trinajstić information content (AvgIpc) is 2.95. The zero-order chi connectivity index (χ0) is 22.2. The summed E-state index contributed by atoms with van der Waals surface area (Å²) in [6.07, 6.45) is -3.75. The van der Waals surface area contributed by atoms with Crippen LogP contribution in [0.4, 0.5) is 26.3 Å². The van der Waals surface area contributed by atoms with Gasteiger partial charge in [0.25, 0.3) is 5.91 Å². The summed E-state index contributed by atoms with van der Waals surface area (Å²) in [6, 6.07) is 2.99. The van der Waals surface area contributed by atoms with Crippen LogP contribution in [0.25, 0.3) is 5.69 Å². The van der Waals surface area contributed by atoms with Crippen LogP contribution in [0.5, 0.6) is 0 Å². The number of aromatic nitrogens is 2. The first kappa shape index (κ1) is 22.1. The standard InChI is InChI=1S/C19H20F6N4O/c1-11-16(12(2)29(26-11)15-4-3-13(20)9-14(15)21)17(30)28-7-5-27(6-8-28)10-19(24,25)18(22)23/h3-4,9,18H,5-8,10H2,1-2H3. The fraction of sp³-hybridized carbons (Fsp3) is 0.474. The zero-order valence-corrected chi connectivity index (χ0v) is 16.3. The Morgan fingerprint density at radius 1 is 1.13 bits per heavy atom. The van der Waals surface area contributed by atoms with Crippen LogP contribution in [0.2, 0.25) is 0 Å². The van der Waals surface area contributed by atoms with Gasteiger partial charge in [-0.1, -0.05) is 0 Å². The summed E-state index contributed by atoms with van der Waals surface area (Å²) in [6.45, 7) is 2.25. The first-order valence-corrected chi connectivity index (χ1v) is 9.20. The van der Waals surface area contributed by atoms with Gasteiger partial charge >= 0.3 is 12.3 Å². The number of alkyl halides is 4. The summed E-state index contributed by atoms with van der Waals surface area (Å²) < 4.78 is 79.8. The molecule has 0 radical (unpaired) electrons. The molecule has 2 aromatic rings. The predicted octanol–water partition coefficient (Wildman–Crippen LogP) is 3.43. The highest BCUT2D eigenvalue weighted by molar-refractivity contribution is 5.96. The number of hydrogen-bond acceptors (Lipinski definition) is 3. The van der Waals surface area contributed by atoms with Crippen molar-refractivity contribution >= 4 is 5.91 Å². The van der Waals surface area contributed by atoms with E-state index in [9.17, 15) is 31.1 Å². The van der Waals surface area contributed by atoms with E-state index in [4.69, 9.17) is 0 Å². The van der Waals surface area contributed by atoms with Gasteiger partial charge in [0.15, 0.2) is 5.82 Å². The number of aryl methyl sites for hydroxylation is 1. The van der Waals surface area contributed by atoms with Crippen LogP contribution in [0, 0.1) is 25.5 Å². The van der Waals surface area contributed by atoms with E-state index in [0.29, 0.717) is 17.5 Å². The lowest BCUT2D eigenvalue weighted by Gasteiger charge is -2.36. The van der Waals surface area contributed by atoms with Crippen LogP contribution in [-0.2, 0) is 0 Å². The molecule has 0 bridgehead atoms. The minimum atomic E-state index is -4.11. The molecule has 1 fully saturated rings. The second kappa shape index (κ2) is 8.29. The third kappa shape index (κ3) is 4.30. The maximum absolute atomic E-state index is 14.1. The molecule has 0 aliphatic carbocycles. The number of amides is 1. The first-order valence-electron chi connectivity index (χ1n) is 9.20. The lowest BCUT2D eigenvalue weighted by molar-refractivity contribution is -0.144. The third-order valence-electron chi connectivity index (χ3n) is 5.06.